The van der Waals surface area contributed by atoms with Crippen molar-refractivity contribution in [2.24, 2.45) is 0 Å². The first-order valence-electron chi connectivity index (χ1n) is 6.95. The van der Waals surface area contributed by atoms with Gasteiger partial charge in [-0.2, -0.15) is 0 Å². The second kappa shape index (κ2) is 5.93. The molecule has 22 heavy (non-hydrogen) atoms. The van der Waals surface area contributed by atoms with Crippen LogP contribution in [0.25, 0.3) is 10.9 Å². The average molecular weight is 300 g/mol. The number of methoxy groups -OCH3 is 1. The molecule has 1 atom stereocenters. The molecule has 1 aliphatic heterocycles. The van der Waals surface area contributed by atoms with Crippen LogP contribution in [0.15, 0.2) is 42.3 Å². The third-order valence-corrected chi connectivity index (χ3v) is 3.59. The number of esters is 1. The number of benzene rings is 1. The van der Waals surface area contributed by atoms with Crippen LogP contribution in [0.4, 0.5) is 0 Å². The highest BCUT2D eigenvalue weighted by atomic mass is 16.5. The highest BCUT2D eigenvalue weighted by Gasteiger charge is 2.25. The summed E-state index contributed by atoms with van der Waals surface area (Å²) in [6.45, 7) is 0.314. The number of aromatic amines is 1. The maximum absolute atomic E-state index is 11.9. The molecule has 6 nitrogen and oxygen atoms in total. The average Bonchev–Trinajstić information content (AvgIpc) is 2.93. The minimum atomic E-state index is -0.611. The van der Waals surface area contributed by atoms with Gasteiger partial charge in [-0.25, -0.2) is 4.79 Å². The molecule has 1 aromatic carbocycles. The van der Waals surface area contributed by atoms with Crippen molar-refractivity contribution in [2.75, 3.05) is 13.7 Å². The lowest BCUT2D eigenvalue weighted by atomic mass is 10.0. The molecule has 0 radical (unpaired) electrons. The van der Waals surface area contributed by atoms with E-state index in [0.29, 0.717) is 13.0 Å². The van der Waals surface area contributed by atoms with Crippen molar-refractivity contribution in [1.29, 1.82) is 0 Å². The van der Waals surface area contributed by atoms with Crippen LogP contribution in [-0.4, -0.2) is 36.6 Å². The van der Waals surface area contributed by atoms with Crippen LogP contribution < -0.4 is 5.32 Å². The number of aromatic nitrogens is 1. The van der Waals surface area contributed by atoms with Gasteiger partial charge in [-0.15, -0.1) is 0 Å². The van der Waals surface area contributed by atoms with E-state index in [1.165, 1.54) is 7.11 Å². The fraction of sp³-hybridized carbons (Fsp3) is 0.250. The van der Waals surface area contributed by atoms with Gasteiger partial charge in [0.05, 0.1) is 19.2 Å². The molecule has 1 aliphatic rings. The topological polar surface area (TPSA) is 80.4 Å². The molecular weight excluding hydrogens is 284 g/mol. The predicted molar refractivity (Wildman–Crippen MR) is 80.0 cm³/mol. The van der Waals surface area contributed by atoms with Crippen molar-refractivity contribution in [1.82, 2.24) is 10.3 Å². The zero-order valence-electron chi connectivity index (χ0n) is 12.1. The van der Waals surface area contributed by atoms with Crippen LogP contribution >= 0.6 is 0 Å². The normalized spacial score (nSPS) is 19.8. The lowest BCUT2D eigenvalue weighted by molar-refractivity contribution is -0.136. The Morgan fingerprint density at radius 1 is 1.45 bits per heavy atom. The van der Waals surface area contributed by atoms with Gasteiger partial charge in [0.1, 0.15) is 6.61 Å². The zero-order valence-corrected chi connectivity index (χ0v) is 12.1. The molecule has 2 N–H and O–H groups in total. The summed E-state index contributed by atoms with van der Waals surface area (Å²) in [4.78, 5) is 26.3. The SMILES string of the molecule is COC(=O)/C=C1\OCC(Cc2c[nH]c3ccccc23)NC1=O. The van der Waals surface area contributed by atoms with Crippen molar-refractivity contribution in [2.45, 2.75) is 12.5 Å². The van der Waals surface area contributed by atoms with Crippen molar-refractivity contribution in [3.63, 3.8) is 0 Å². The van der Waals surface area contributed by atoms with Crippen LogP contribution in [0.5, 0.6) is 0 Å². The smallest absolute Gasteiger partial charge is 0.334 e. The number of hydrogen-bond donors (Lipinski definition) is 2. The number of rotatable bonds is 3. The number of amides is 1. The van der Waals surface area contributed by atoms with Gasteiger partial charge in [0.25, 0.3) is 5.91 Å². The number of nitrogens with one attached hydrogen (secondary N) is 2. The number of para-hydroxylation sites is 1. The third-order valence-electron chi connectivity index (χ3n) is 3.59. The molecule has 114 valence electrons. The van der Waals surface area contributed by atoms with Crippen LogP contribution in [0, 0.1) is 0 Å². The number of ether oxygens (including phenoxy) is 2. The molecule has 1 amide bonds. The van der Waals surface area contributed by atoms with E-state index in [0.717, 1.165) is 22.5 Å². The lowest BCUT2D eigenvalue weighted by Crippen LogP contribution is -2.45. The third kappa shape index (κ3) is 2.81. The van der Waals surface area contributed by atoms with E-state index in [2.05, 4.69) is 15.0 Å². The van der Waals surface area contributed by atoms with Gasteiger partial charge in [-0.3, -0.25) is 4.79 Å². The maximum Gasteiger partial charge on any atom is 0.334 e. The van der Waals surface area contributed by atoms with E-state index < -0.39 is 11.9 Å². The quantitative estimate of drug-likeness (QED) is 0.661. The summed E-state index contributed by atoms with van der Waals surface area (Å²) in [5, 5.41) is 3.98. The number of carbonyl (C=O) groups excluding carboxylic acids is 2. The number of H-pyrrole nitrogens is 1. The molecular formula is C16H16N2O4. The van der Waals surface area contributed by atoms with Gasteiger partial charge in [-0.05, 0) is 18.1 Å². The molecule has 6 heteroatoms. The number of morpholine rings is 1. The minimum Gasteiger partial charge on any atom is -0.486 e. The second-order valence-electron chi connectivity index (χ2n) is 5.08. The van der Waals surface area contributed by atoms with Crippen LogP contribution in [-0.2, 0) is 25.5 Å². The van der Waals surface area contributed by atoms with E-state index >= 15 is 0 Å². The van der Waals surface area contributed by atoms with Gasteiger partial charge >= 0.3 is 5.97 Å². The summed E-state index contributed by atoms with van der Waals surface area (Å²) < 4.78 is 9.86. The second-order valence-corrected chi connectivity index (χ2v) is 5.08. The summed E-state index contributed by atoms with van der Waals surface area (Å²) >= 11 is 0. The summed E-state index contributed by atoms with van der Waals surface area (Å²) in [5.74, 6) is -1.02. The number of carbonyl (C=O) groups is 2. The standard InChI is InChI=1S/C16H16N2O4/c1-21-15(19)7-14-16(20)18-11(9-22-14)6-10-8-17-13-5-3-2-4-12(10)13/h2-5,7-8,11,17H,6,9H2,1H3,(H,18,20)/b14-7-. The summed E-state index contributed by atoms with van der Waals surface area (Å²) in [6.07, 6.45) is 3.65. The molecule has 0 saturated carbocycles. The highest BCUT2D eigenvalue weighted by Crippen LogP contribution is 2.20. The van der Waals surface area contributed by atoms with Crippen molar-refractivity contribution < 1.29 is 19.1 Å². The van der Waals surface area contributed by atoms with Crippen LogP contribution in [0.2, 0.25) is 0 Å². The molecule has 2 heterocycles. The van der Waals surface area contributed by atoms with E-state index in [4.69, 9.17) is 4.74 Å². The first-order valence-corrected chi connectivity index (χ1v) is 6.95. The van der Waals surface area contributed by atoms with E-state index in [1.54, 1.807) is 0 Å². The summed E-state index contributed by atoms with van der Waals surface area (Å²) in [7, 11) is 1.25. The molecule has 3 rings (SSSR count). The Balaban J connectivity index is 1.70. The van der Waals surface area contributed by atoms with E-state index in [-0.39, 0.29) is 11.8 Å². The van der Waals surface area contributed by atoms with E-state index in [1.807, 2.05) is 30.5 Å². The largest absolute Gasteiger partial charge is 0.486 e. The predicted octanol–water partition coefficient (Wildman–Crippen LogP) is 1.28. The molecule has 1 aromatic heterocycles. The maximum atomic E-state index is 11.9. The Morgan fingerprint density at radius 3 is 3.05 bits per heavy atom. The van der Waals surface area contributed by atoms with Crippen LogP contribution in [0.3, 0.4) is 0 Å². The van der Waals surface area contributed by atoms with Gasteiger partial charge in [0.2, 0.25) is 0 Å². The van der Waals surface area contributed by atoms with Gasteiger partial charge in [-0.1, -0.05) is 18.2 Å². The molecule has 2 aromatic rings. The minimum absolute atomic E-state index is 0.0120. The molecule has 1 saturated heterocycles. The molecule has 0 aliphatic carbocycles. The summed E-state index contributed by atoms with van der Waals surface area (Å²) in [6, 6.07) is 7.85. The Bertz CT molecular complexity index is 747. The van der Waals surface area contributed by atoms with E-state index in [9.17, 15) is 9.59 Å². The van der Waals surface area contributed by atoms with Gasteiger partial charge in [0.15, 0.2) is 5.76 Å². The highest BCUT2D eigenvalue weighted by molar-refractivity contribution is 5.98. The lowest BCUT2D eigenvalue weighted by Gasteiger charge is -2.25. The van der Waals surface area contributed by atoms with Gasteiger partial charge < -0.3 is 19.8 Å². The molecule has 0 bridgehead atoms. The fourth-order valence-electron chi connectivity index (χ4n) is 2.50. The molecule has 1 unspecified atom stereocenters. The number of fused-ring (bicyclic) bond motifs is 1. The Kier molecular flexibility index (Phi) is 3.82. The fourth-order valence-corrected chi connectivity index (χ4v) is 2.50. The first-order chi connectivity index (χ1) is 10.7. The Morgan fingerprint density at radius 2 is 2.27 bits per heavy atom. The van der Waals surface area contributed by atoms with Crippen molar-refractivity contribution in [3.8, 4) is 0 Å². The Labute approximate surface area is 127 Å². The van der Waals surface area contributed by atoms with Crippen LogP contribution in [0.1, 0.15) is 5.56 Å². The van der Waals surface area contributed by atoms with Gasteiger partial charge in [0, 0.05) is 17.1 Å². The van der Waals surface area contributed by atoms with Crippen molar-refractivity contribution >= 4 is 22.8 Å². The monoisotopic (exact) mass is 300 g/mol. The zero-order chi connectivity index (χ0) is 15.5. The summed E-state index contributed by atoms with van der Waals surface area (Å²) in [5.41, 5.74) is 2.18. The Hall–Kier alpha value is -2.76. The number of hydrogen-bond acceptors (Lipinski definition) is 4. The molecule has 1 fully saturated rings. The molecule has 0 spiro atoms. The first kappa shape index (κ1) is 14.2. The van der Waals surface area contributed by atoms with Crippen molar-refractivity contribution in [3.05, 3.63) is 47.9 Å².